The van der Waals surface area contributed by atoms with Crippen molar-refractivity contribution < 1.29 is 14.3 Å². The Morgan fingerprint density at radius 1 is 1.50 bits per heavy atom. The quantitative estimate of drug-likeness (QED) is 0.810. The number of methoxy groups -OCH3 is 1. The summed E-state index contributed by atoms with van der Waals surface area (Å²) in [6.45, 7) is 0. The maximum absolute atomic E-state index is 12.1. The van der Waals surface area contributed by atoms with Crippen LogP contribution in [0.5, 0.6) is 5.75 Å². The van der Waals surface area contributed by atoms with Gasteiger partial charge in [-0.15, -0.1) is 0 Å². The van der Waals surface area contributed by atoms with Gasteiger partial charge in [0.2, 0.25) is 11.0 Å². The second-order valence-corrected chi connectivity index (χ2v) is 4.85. The van der Waals surface area contributed by atoms with Gasteiger partial charge in [0.25, 0.3) is 11.5 Å². The van der Waals surface area contributed by atoms with Gasteiger partial charge in [-0.2, -0.15) is 0 Å². The molecule has 1 amide bonds. The van der Waals surface area contributed by atoms with Crippen LogP contribution in [0.15, 0.2) is 4.79 Å². The van der Waals surface area contributed by atoms with Crippen LogP contribution in [0.1, 0.15) is 29.8 Å². The minimum absolute atomic E-state index is 0.0211. The molecule has 0 spiro atoms. The molecule has 1 aromatic heterocycles. The van der Waals surface area contributed by atoms with Crippen molar-refractivity contribution >= 4 is 23.3 Å². The molecule has 1 N–H and O–H groups in total. The molecule has 20 heavy (non-hydrogen) atoms. The summed E-state index contributed by atoms with van der Waals surface area (Å²) in [4.78, 5) is 39.4. The molecule has 0 aliphatic heterocycles. The lowest BCUT2D eigenvalue weighted by molar-refractivity contribution is -0.118. The van der Waals surface area contributed by atoms with Gasteiger partial charge >= 0.3 is 0 Å². The van der Waals surface area contributed by atoms with E-state index in [4.69, 9.17) is 16.3 Å². The number of ketones is 1. The highest BCUT2D eigenvalue weighted by Gasteiger charge is 2.29. The molecule has 1 unspecified atom stereocenters. The third-order valence-electron chi connectivity index (χ3n) is 3.22. The predicted octanol–water partition coefficient (Wildman–Crippen LogP) is 0.294. The Bertz CT molecular complexity index is 626. The molecule has 8 heteroatoms. The number of aromatic nitrogens is 2. The highest BCUT2D eigenvalue weighted by molar-refractivity contribution is 6.28. The Balaban J connectivity index is 2.34. The van der Waals surface area contributed by atoms with Crippen LogP contribution in [0.2, 0.25) is 5.28 Å². The van der Waals surface area contributed by atoms with Gasteiger partial charge in [-0.1, -0.05) is 0 Å². The fraction of sp³-hybridized carbons (Fsp3) is 0.500. The summed E-state index contributed by atoms with van der Waals surface area (Å²) in [5.74, 6) is -0.853. The molecule has 1 aliphatic carbocycles. The molecular weight excluding hydrogens is 286 g/mol. The molecule has 0 saturated heterocycles. The van der Waals surface area contributed by atoms with Gasteiger partial charge in [0.05, 0.1) is 13.2 Å². The first-order chi connectivity index (χ1) is 9.45. The van der Waals surface area contributed by atoms with E-state index in [9.17, 15) is 14.4 Å². The normalized spacial score (nSPS) is 18.1. The molecule has 1 aromatic rings. The van der Waals surface area contributed by atoms with Crippen LogP contribution in [-0.4, -0.2) is 34.4 Å². The largest absolute Gasteiger partial charge is 0.489 e. The molecule has 1 saturated carbocycles. The van der Waals surface area contributed by atoms with E-state index in [1.165, 1.54) is 14.2 Å². The fourth-order valence-corrected chi connectivity index (χ4v) is 2.25. The topological polar surface area (TPSA) is 90.3 Å². The lowest BCUT2D eigenvalue weighted by Gasteiger charge is -2.13. The van der Waals surface area contributed by atoms with Crippen molar-refractivity contribution in [2.24, 2.45) is 7.05 Å². The zero-order valence-electron chi connectivity index (χ0n) is 11.1. The molecule has 2 rings (SSSR count). The number of nitrogens with zero attached hydrogens (tertiary/aromatic N) is 2. The number of Topliss-reactive ketones (excluding diaryl/α,β-unsaturated/α-hetero) is 1. The lowest BCUT2D eigenvalue weighted by atomic mass is 10.2. The number of hydrogen-bond donors (Lipinski definition) is 1. The van der Waals surface area contributed by atoms with Crippen molar-refractivity contribution in [3.05, 3.63) is 21.3 Å². The molecular formula is C12H14ClN3O4. The third kappa shape index (κ3) is 2.53. The van der Waals surface area contributed by atoms with E-state index in [-0.39, 0.29) is 22.5 Å². The second kappa shape index (κ2) is 5.62. The van der Waals surface area contributed by atoms with Crippen molar-refractivity contribution in [3.63, 3.8) is 0 Å². The molecule has 0 aromatic carbocycles. The Hall–Kier alpha value is -1.89. The van der Waals surface area contributed by atoms with Gasteiger partial charge in [-0.05, 0) is 24.4 Å². The van der Waals surface area contributed by atoms with Gasteiger partial charge < -0.3 is 10.1 Å². The summed E-state index contributed by atoms with van der Waals surface area (Å²) >= 11 is 5.79. The average Bonchev–Trinajstić information content (AvgIpc) is 2.81. The van der Waals surface area contributed by atoms with E-state index in [0.717, 1.165) is 11.0 Å². The number of ether oxygens (including phenoxy) is 1. The number of rotatable bonds is 3. The summed E-state index contributed by atoms with van der Waals surface area (Å²) in [5.41, 5.74) is -0.768. The summed E-state index contributed by atoms with van der Waals surface area (Å²) < 4.78 is 5.99. The highest BCUT2D eigenvalue weighted by Crippen LogP contribution is 2.17. The zero-order chi connectivity index (χ0) is 14.9. The fourth-order valence-electron chi connectivity index (χ4n) is 2.09. The Labute approximate surface area is 119 Å². The molecule has 108 valence electrons. The first-order valence-electron chi connectivity index (χ1n) is 6.09. The number of nitrogens with one attached hydrogen (secondary N) is 1. The van der Waals surface area contributed by atoms with Crippen LogP contribution in [-0.2, 0) is 11.8 Å². The number of amides is 1. The molecule has 0 bridgehead atoms. The van der Waals surface area contributed by atoms with Crippen LogP contribution in [0.3, 0.4) is 0 Å². The summed E-state index contributed by atoms with van der Waals surface area (Å²) in [6.07, 6.45) is 1.78. The lowest BCUT2D eigenvalue weighted by Crippen LogP contribution is -2.39. The third-order valence-corrected chi connectivity index (χ3v) is 3.56. The number of carbonyl (C=O) groups is 2. The van der Waals surface area contributed by atoms with Crippen LogP contribution >= 0.6 is 11.6 Å². The van der Waals surface area contributed by atoms with E-state index in [0.29, 0.717) is 12.8 Å². The Morgan fingerprint density at radius 3 is 2.75 bits per heavy atom. The van der Waals surface area contributed by atoms with E-state index in [1.54, 1.807) is 0 Å². The minimum atomic E-state index is -0.637. The van der Waals surface area contributed by atoms with Crippen molar-refractivity contribution in [2.75, 3.05) is 7.11 Å². The van der Waals surface area contributed by atoms with E-state index < -0.39 is 17.5 Å². The van der Waals surface area contributed by atoms with Gasteiger partial charge in [0, 0.05) is 13.5 Å². The van der Waals surface area contributed by atoms with Crippen molar-refractivity contribution in [3.8, 4) is 5.75 Å². The number of halogens is 1. The average molecular weight is 300 g/mol. The molecule has 1 fully saturated rings. The van der Waals surface area contributed by atoms with Gasteiger partial charge in [-0.25, -0.2) is 4.98 Å². The number of hydrogen-bond acceptors (Lipinski definition) is 5. The first kappa shape index (κ1) is 14.5. The smallest absolute Gasteiger partial charge is 0.297 e. The van der Waals surface area contributed by atoms with Crippen LogP contribution in [0.4, 0.5) is 0 Å². The maximum Gasteiger partial charge on any atom is 0.297 e. The van der Waals surface area contributed by atoms with Crippen molar-refractivity contribution in [2.45, 2.75) is 25.3 Å². The Kier molecular flexibility index (Phi) is 4.08. The van der Waals surface area contributed by atoms with E-state index in [2.05, 4.69) is 10.3 Å². The summed E-state index contributed by atoms with van der Waals surface area (Å²) in [5, 5.41) is 2.43. The van der Waals surface area contributed by atoms with Gasteiger partial charge in [0.15, 0.2) is 11.5 Å². The van der Waals surface area contributed by atoms with E-state index >= 15 is 0 Å². The van der Waals surface area contributed by atoms with Gasteiger partial charge in [-0.3, -0.25) is 19.0 Å². The van der Waals surface area contributed by atoms with Gasteiger partial charge in [0.1, 0.15) is 0 Å². The summed E-state index contributed by atoms with van der Waals surface area (Å²) in [7, 11) is 2.69. The van der Waals surface area contributed by atoms with Crippen LogP contribution in [0, 0.1) is 0 Å². The SMILES string of the molecule is COc1c(C(=O)NC2CCCC2=O)nc(Cl)n(C)c1=O. The molecule has 1 atom stereocenters. The van der Waals surface area contributed by atoms with Crippen molar-refractivity contribution in [1.29, 1.82) is 0 Å². The van der Waals surface area contributed by atoms with Crippen LogP contribution in [0.25, 0.3) is 0 Å². The van der Waals surface area contributed by atoms with E-state index in [1.807, 2.05) is 0 Å². The molecule has 0 radical (unpaired) electrons. The molecule has 1 heterocycles. The zero-order valence-corrected chi connectivity index (χ0v) is 11.9. The first-order valence-corrected chi connectivity index (χ1v) is 6.47. The monoisotopic (exact) mass is 299 g/mol. The molecule has 7 nitrogen and oxygen atoms in total. The minimum Gasteiger partial charge on any atom is -0.489 e. The Morgan fingerprint density at radius 2 is 2.20 bits per heavy atom. The highest BCUT2D eigenvalue weighted by atomic mass is 35.5. The molecule has 1 aliphatic rings. The van der Waals surface area contributed by atoms with Crippen LogP contribution < -0.4 is 15.6 Å². The number of carbonyl (C=O) groups excluding carboxylic acids is 2. The van der Waals surface area contributed by atoms with Crippen molar-refractivity contribution in [1.82, 2.24) is 14.9 Å². The predicted molar refractivity (Wildman–Crippen MR) is 71.2 cm³/mol. The standard InChI is InChI=1S/C12H14ClN3O4/c1-16-11(19)9(20-2)8(15-12(16)13)10(18)14-6-4-3-5-7(6)17/h6H,3-5H2,1-2H3,(H,14,18). The maximum atomic E-state index is 12.1. The second-order valence-electron chi connectivity index (χ2n) is 4.51. The summed E-state index contributed by atoms with van der Waals surface area (Å²) in [6, 6.07) is -0.531.